The van der Waals surface area contributed by atoms with Crippen LogP contribution in [0.15, 0.2) is 11.2 Å². The third-order valence-corrected chi connectivity index (χ3v) is 2.85. The van der Waals surface area contributed by atoms with Gasteiger partial charge in [-0.15, -0.1) is 11.8 Å². The minimum atomic E-state index is -0.386. The lowest BCUT2D eigenvalue weighted by atomic mass is 10.3. The first-order valence-electron chi connectivity index (χ1n) is 4.01. The number of hydrogen-bond donors (Lipinski definition) is 1. The summed E-state index contributed by atoms with van der Waals surface area (Å²) in [5, 5.41) is 1.01. The van der Waals surface area contributed by atoms with E-state index in [0.717, 1.165) is 17.2 Å². The fraction of sp³-hybridized carbons (Fsp3) is 0.375. The van der Waals surface area contributed by atoms with Crippen LogP contribution in [-0.2, 0) is 17.6 Å². The quantitative estimate of drug-likeness (QED) is 0.682. The van der Waals surface area contributed by atoms with Crippen LogP contribution < -0.4 is 5.73 Å². The molecule has 0 saturated heterocycles. The fourth-order valence-electron chi connectivity index (χ4n) is 1.22. The van der Waals surface area contributed by atoms with Gasteiger partial charge in [-0.3, -0.25) is 4.79 Å². The van der Waals surface area contributed by atoms with E-state index in [1.165, 1.54) is 5.56 Å². The second kappa shape index (κ2) is 3.33. The van der Waals surface area contributed by atoms with Crippen molar-refractivity contribution in [3.05, 3.63) is 17.6 Å². The molecule has 0 atom stereocenters. The van der Waals surface area contributed by atoms with Gasteiger partial charge in [0.1, 0.15) is 10.9 Å². The van der Waals surface area contributed by atoms with Gasteiger partial charge in [-0.05, 0) is 6.42 Å². The molecule has 2 N–H and O–H groups in total. The van der Waals surface area contributed by atoms with Crippen LogP contribution in [0.2, 0.25) is 0 Å². The van der Waals surface area contributed by atoms with Crippen molar-refractivity contribution in [3.8, 4) is 0 Å². The van der Waals surface area contributed by atoms with Crippen LogP contribution in [0, 0.1) is 0 Å². The SMILES string of the molecule is NC(=O)Cc1ncc2c(n1)SCC2. The van der Waals surface area contributed by atoms with E-state index in [9.17, 15) is 4.79 Å². The summed E-state index contributed by atoms with van der Waals surface area (Å²) in [6.45, 7) is 0. The number of hydrogen-bond acceptors (Lipinski definition) is 4. The summed E-state index contributed by atoms with van der Waals surface area (Å²) in [7, 11) is 0. The number of thioether (sulfide) groups is 1. The van der Waals surface area contributed by atoms with Gasteiger partial charge in [-0.2, -0.15) is 0 Å². The summed E-state index contributed by atoms with van der Waals surface area (Å²) in [6, 6.07) is 0. The summed E-state index contributed by atoms with van der Waals surface area (Å²) >= 11 is 1.71. The summed E-state index contributed by atoms with van der Waals surface area (Å²) < 4.78 is 0. The lowest BCUT2D eigenvalue weighted by molar-refractivity contribution is -0.117. The van der Waals surface area contributed by atoms with Crippen molar-refractivity contribution < 1.29 is 4.79 Å². The van der Waals surface area contributed by atoms with E-state index < -0.39 is 0 Å². The second-order valence-corrected chi connectivity index (χ2v) is 3.94. The maximum absolute atomic E-state index is 10.6. The van der Waals surface area contributed by atoms with Crippen molar-refractivity contribution in [3.63, 3.8) is 0 Å². The summed E-state index contributed by atoms with van der Waals surface area (Å²) in [5.41, 5.74) is 6.22. The first-order valence-corrected chi connectivity index (χ1v) is 5.00. The van der Waals surface area contributed by atoms with Crippen molar-refractivity contribution in [2.24, 2.45) is 5.73 Å². The molecule has 1 amide bonds. The van der Waals surface area contributed by atoms with Crippen molar-refractivity contribution in [1.82, 2.24) is 9.97 Å². The monoisotopic (exact) mass is 195 g/mol. The number of carbonyl (C=O) groups is 1. The van der Waals surface area contributed by atoms with Gasteiger partial charge in [0.25, 0.3) is 0 Å². The number of carbonyl (C=O) groups excluding carboxylic acids is 1. The summed E-state index contributed by atoms with van der Waals surface area (Å²) in [6.07, 6.45) is 2.95. The number of fused-ring (bicyclic) bond motifs is 1. The largest absolute Gasteiger partial charge is 0.369 e. The van der Waals surface area contributed by atoms with Gasteiger partial charge >= 0.3 is 0 Å². The predicted molar refractivity (Wildman–Crippen MR) is 49.4 cm³/mol. The zero-order valence-corrected chi connectivity index (χ0v) is 7.80. The third-order valence-electron chi connectivity index (χ3n) is 1.82. The van der Waals surface area contributed by atoms with Crippen LogP contribution in [0.3, 0.4) is 0 Å². The number of aryl methyl sites for hydroxylation is 1. The molecule has 5 heteroatoms. The number of nitrogens with two attached hydrogens (primary N) is 1. The average Bonchev–Trinajstić information content (AvgIpc) is 2.49. The molecule has 0 radical (unpaired) electrons. The number of rotatable bonds is 2. The van der Waals surface area contributed by atoms with Gasteiger partial charge < -0.3 is 5.73 Å². The van der Waals surface area contributed by atoms with Gasteiger partial charge in [-0.25, -0.2) is 9.97 Å². The Morgan fingerprint density at radius 2 is 2.54 bits per heavy atom. The van der Waals surface area contributed by atoms with Crippen molar-refractivity contribution in [2.75, 3.05) is 5.75 Å². The van der Waals surface area contributed by atoms with Gasteiger partial charge in [0.15, 0.2) is 0 Å². The molecule has 2 heterocycles. The lowest BCUT2D eigenvalue weighted by Gasteiger charge is -1.99. The minimum absolute atomic E-state index is 0.133. The normalized spacial score (nSPS) is 14.2. The molecule has 2 rings (SSSR count). The highest BCUT2D eigenvalue weighted by atomic mass is 32.2. The van der Waals surface area contributed by atoms with Crippen molar-refractivity contribution in [2.45, 2.75) is 17.9 Å². The molecule has 0 unspecified atom stereocenters. The van der Waals surface area contributed by atoms with E-state index >= 15 is 0 Å². The Kier molecular flexibility index (Phi) is 2.18. The van der Waals surface area contributed by atoms with E-state index in [1.807, 2.05) is 0 Å². The molecule has 0 aliphatic carbocycles. The number of amides is 1. The smallest absolute Gasteiger partial charge is 0.225 e. The predicted octanol–water partition coefficient (Wildman–Crippen LogP) is 0.153. The number of aromatic nitrogens is 2. The second-order valence-electron chi connectivity index (χ2n) is 2.86. The molecule has 0 spiro atoms. The highest BCUT2D eigenvalue weighted by molar-refractivity contribution is 7.99. The van der Waals surface area contributed by atoms with E-state index in [2.05, 4.69) is 9.97 Å². The number of nitrogens with zero attached hydrogens (tertiary/aromatic N) is 2. The van der Waals surface area contributed by atoms with Crippen LogP contribution in [0.1, 0.15) is 11.4 Å². The average molecular weight is 195 g/mol. The molecule has 4 nitrogen and oxygen atoms in total. The Bertz CT molecular complexity index is 353. The van der Waals surface area contributed by atoms with Crippen LogP contribution in [-0.4, -0.2) is 21.6 Å². The van der Waals surface area contributed by atoms with Crippen LogP contribution >= 0.6 is 11.8 Å². The van der Waals surface area contributed by atoms with Gasteiger partial charge in [0.05, 0.1) is 6.42 Å². The Morgan fingerprint density at radius 3 is 3.31 bits per heavy atom. The maximum atomic E-state index is 10.6. The van der Waals surface area contributed by atoms with E-state index in [-0.39, 0.29) is 12.3 Å². The molecule has 1 aromatic rings. The molecular weight excluding hydrogens is 186 g/mol. The summed E-state index contributed by atoms with van der Waals surface area (Å²) in [4.78, 5) is 18.9. The molecule has 1 aliphatic heterocycles. The molecule has 1 aromatic heterocycles. The lowest BCUT2D eigenvalue weighted by Crippen LogP contribution is -2.15. The molecule has 0 aromatic carbocycles. The van der Waals surface area contributed by atoms with Gasteiger partial charge in [0.2, 0.25) is 5.91 Å². The molecular formula is C8H9N3OS. The standard InChI is InChI=1S/C8H9N3OS/c9-6(12)3-7-10-4-5-1-2-13-8(5)11-7/h4H,1-3H2,(H2,9,12). The highest BCUT2D eigenvalue weighted by Crippen LogP contribution is 2.28. The topological polar surface area (TPSA) is 68.9 Å². The fourth-order valence-corrected chi connectivity index (χ4v) is 2.25. The third kappa shape index (κ3) is 1.80. The first kappa shape index (κ1) is 8.50. The summed E-state index contributed by atoms with van der Waals surface area (Å²) in [5.74, 6) is 1.20. The van der Waals surface area contributed by atoms with Crippen LogP contribution in [0.5, 0.6) is 0 Å². The van der Waals surface area contributed by atoms with Crippen molar-refractivity contribution >= 4 is 17.7 Å². The number of primary amides is 1. The Labute approximate surface area is 79.9 Å². The zero-order chi connectivity index (χ0) is 9.26. The first-order chi connectivity index (χ1) is 6.25. The maximum Gasteiger partial charge on any atom is 0.225 e. The molecule has 0 fully saturated rings. The van der Waals surface area contributed by atoms with Crippen LogP contribution in [0.4, 0.5) is 0 Å². The highest BCUT2D eigenvalue weighted by Gasteiger charge is 2.14. The Morgan fingerprint density at radius 1 is 1.69 bits per heavy atom. The van der Waals surface area contributed by atoms with E-state index in [0.29, 0.717) is 5.82 Å². The zero-order valence-electron chi connectivity index (χ0n) is 6.99. The minimum Gasteiger partial charge on any atom is -0.369 e. The van der Waals surface area contributed by atoms with Gasteiger partial charge in [0, 0.05) is 17.5 Å². The molecule has 0 saturated carbocycles. The molecule has 0 bridgehead atoms. The van der Waals surface area contributed by atoms with Crippen molar-refractivity contribution in [1.29, 1.82) is 0 Å². The molecule has 13 heavy (non-hydrogen) atoms. The molecule has 68 valence electrons. The Hall–Kier alpha value is -1.10. The van der Waals surface area contributed by atoms with E-state index in [1.54, 1.807) is 18.0 Å². The molecule has 1 aliphatic rings. The van der Waals surface area contributed by atoms with Gasteiger partial charge in [-0.1, -0.05) is 0 Å². The van der Waals surface area contributed by atoms with Crippen LogP contribution in [0.25, 0.3) is 0 Å². The Balaban J connectivity index is 2.25. The van der Waals surface area contributed by atoms with E-state index in [4.69, 9.17) is 5.73 Å².